The van der Waals surface area contributed by atoms with Gasteiger partial charge >= 0.3 is 12.1 Å². The van der Waals surface area contributed by atoms with Gasteiger partial charge in [0.15, 0.2) is 0 Å². The fourth-order valence-electron chi connectivity index (χ4n) is 4.82. The smallest absolute Gasteiger partial charge is 0.416 e. The van der Waals surface area contributed by atoms with Gasteiger partial charge < -0.3 is 9.47 Å². The molecular weight excluding hydrogens is 407 g/mol. The zero-order valence-electron chi connectivity index (χ0n) is 17.4. The summed E-state index contributed by atoms with van der Waals surface area (Å²) < 4.78 is 49.5. The van der Waals surface area contributed by atoms with Crippen LogP contribution < -0.4 is 4.74 Å². The number of hydrogen-bond acceptors (Lipinski definition) is 4. The van der Waals surface area contributed by atoms with Gasteiger partial charge in [0.1, 0.15) is 5.75 Å². The zero-order chi connectivity index (χ0) is 22.2. The molecule has 31 heavy (non-hydrogen) atoms. The second-order valence-corrected chi connectivity index (χ2v) is 8.05. The summed E-state index contributed by atoms with van der Waals surface area (Å²) >= 11 is 0. The van der Waals surface area contributed by atoms with Crippen LogP contribution in [0.5, 0.6) is 5.75 Å². The van der Waals surface area contributed by atoms with Crippen LogP contribution in [0.1, 0.15) is 36.0 Å². The minimum absolute atomic E-state index is 0.00671. The number of hydrogen-bond donors (Lipinski definition) is 0. The first-order valence-electron chi connectivity index (χ1n) is 10.1. The van der Waals surface area contributed by atoms with Gasteiger partial charge in [-0.1, -0.05) is 30.3 Å². The summed E-state index contributed by atoms with van der Waals surface area (Å²) in [5.41, 5.74) is 1.19. The van der Waals surface area contributed by atoms with Crippen molar-refractivity contribution < 1.29 is 27.4 Å². The van der Waals surface area contributed by atoms with Gasteiger partial charge in [-0.25, -0.2) is 4.79 Å². The first kappa shape index (κ1) is 21.4. The van der Waals surface area contributed by atoms with Crippen LogP contribution in [0.2, 0.25) is 0 Å². The van der Waals surface area contributed by atoms with Gasteiger partial charge in [0.25, 0.3) is 0 Å². The van der Waals surface area contributed by atoms with Crippen LogP contribution in [0.25, 0.3) is 0 Å². The molecule has 2 bridgehead atoms. The molecule has 2 aliphatic heterocycles. The van der Waals surface area contributed by atoms with E-state index in [-0.39, 0.29) is 12.0 Å². The number of carbonyl (C=O) groups is 1. The highest BCUT2D eigenvalue weighted by atomic mass is 19.4. The molecule has 1 saturated heterocycles. The molecule has 2 atom stereocenters. The van der Waals surface area contributed by atoms with Crippen LogP contribution in [-0.4, -0.2) is 31.1 Å². The lowest BCUT2D eigenvalue weighted by Crippen LogP contribution is -2.47. The van der Waals surface area contributed by atoms with E-state index in [1.165, 1.54) is 7.11 Å². The minimum atomic E-state index is -4.39. The highest BCUT2D eigenvalue weighted by molar-refractivity contribution is 5.89. The molecular formula is C24H24F3NO3. The maximum atomic E-state index is 13.1. The maximum Gasteiger partial charge on any atom is 0.416 e. The normalized spacial score (nSPS) is 23.4. The molecule has 0 N–H and O–H groups in total. The third-order valence-corrected chi connectivity index (χ3v) is 6.39. The largest absolute Gasteiger partial charge is 0.497 e. The predicted octanol–water partition coefficient (Wildman–Crippen LogP) is 5.08. The van der Waals surface area contributed by atoms with Crippen molar-refractivity contribution in [2.24, 2.45) is 0 Å². The lowest BCUT2D eigenvalue weighted by molar-refractivity contribution is -0.138. The maximum absolute atomic E-state index is 13.1. The van der Waals surface area contributed by atoms with Crippen molar-refractivity contribution in [1.82, 2.24) is 4.90 Å². The third kappa shape index (κ3) is 3.94. The zero-order valence-corrected chi connectivity index (χ0v) is 17.4. The average molecular weight is 431 g/mol. The summed E-state index contributed by atoms with van der Waals surface area (Å²) in [4.78, 5) is 14.6. The van der Waals surface area contributed by atoms with Crippen molar-refractivity contribution in [1.29, 1.82) is 0 Å². The number of methoxy groups -OCH3 is 2. The van der Waals surface area contributed by atoms with Gasteiger partial charge in [-0.15, -0.1) is 0 Å². The summed E-state index contributed by atoms with van der Waals surface area (Å²) in [6, 6.07) is 13.1. The topological polar surface area (TPSA) is 38.8 Å². The minimum Gasteiger partial charge on any atom is -0.497 e. The van der Waals surface area contributed by atoms with Crippen LogP contribution in [0, 0.1) is 0 Å². The van der Waals surface area contributed by atoms with Gasteiger partial charge in [-0.2, -0.15) is 13.2 Å². The number of rotatable bonds is 5. The number of fused-ring (bicyclic) bond motifs is 2. The van der Waals surface area contributed by atoms with E-state index < -0.39 is 17.3 Å². The number of benzene rings is 2. The van der Waals surface area contributed by atoms with Crippen LogP contribution in [0.15, 0.2) is 60.2 Å². The quantitative estimate of drug-likeness (QED) is 0.619. The molecule has 0 aliphatic carbocycles. The lowest BCUT2D eigenvalue weighted by atomic mass is 9.80. The van der Waals surface area contributed by atoms with E-state index in [2.05, 4.69) is 4.90 Å². The fraction of sp³-hybridized carbons (Fsp3) is 0.375. The third-order valence-electron chi connectivity index (χ3n) is 6.39. The van der Waals surface area contributed by atoms with Gasteiger partial charge in [0, 0.05) is 24.6 Å². The highest BCUT2D eigenvalue weighted by Gasteiger charge is 2.51. The number of ether oxygens (including phenoxy) is 2. The van der Waals surface area contributed by atoms with E-state index in [1.54, 1.807) is 19.2 Å². The number of carbonyl (C=O) groups excluding carboxylic acids is 1. The Morgan fingerprint density at radius 2 is 1.77 bits per heavy atom. The number of esters is 1. The Balaban J connectivity index is 1.73. The van der Waals surface area contributed by atoms with Gasteiger partial charge in [0.2, 0.25) is 0 Å². The number of nitrogens with zero attached hydrogens (tertiary/aromatic N) is 1. The van der Waals surface area contributed by atoms with Crippen molar-refractivity contribution in [2.45, 2.75) is 43.6 Å². The fourth-order valence-corrected chi connectivity index (χ4v) is 4.82. The molecule has 0 aromatic heterocycles. The van der Waals surface area contributed by atoms with Crippen molar-refractivity contribution in [3.8, 4) is 5.75 Å². The first-order chi connectivity index (χ1) is 14.8. The van der Waals surface area contributed by atoms with Crippen molar-refractivity contribution in [3.05, 3.63) is 76.9 Å². The molecule has 0 saturated carbocycles. The molecule has 4 rings (SSSR count). The van der Waals surface area contributed by atoms with Gasteiger partial charge in [-0.3, -0.25) is 4.90 Å². The molecule has 0 spiro atoms. The molecule has 2 aromatic carbocycles. The molecule has 7 heteroatoms. The SMILES string of the molecule is COC(=O)C1=C[C@H]2CC[C@@](c3ccc(C(F)(F)F)cc3)(C1)N2Cc1ccc(OC)cc1. The van der Waals surface area contributed by atoms with Gasteiger partial charge in [0.05, 0.1) is 25.3 Å². The molecule has 4 nitrogen and oxygen atoms in total. The Hall–Kier alpha value is -2.80. The average Bonchev–Trinajstić information content (AvgIpc) is 2.97. The van der Waals surface area contributed by atoms with Crippen LogP contribution in [-0.2, 0) is 27.8 Å². The summed E-state index contributed by atoms with van der Waals surface area (Å²) in [7, 11) is 2.96. The monoisotopic (exact) mass is 431 g/mol. The number of halogens is 3. The Labute approximate surface area is 179 Å². The number of alkyl halides is 3. The van der Waals surface area contributed by atoms with E-state index in [0.29, 0.717) is 18.5 Å². The van der Waals surface area contributed by atoms with Gasteiger partial charge in [-0.05, 0) is 48.2 Å². The Morgan fingerprint density at radius 1 is 1.10 bits per heavy atom. The summed E-state index contributed by atoms with van der Waals surface area (Å²) in [6.45, 7) is 0.612. The lowest BCUT2D eigenvalue weighted by Gasteiger charge is -2.44. The second kappa shape index (κ2) is 8.04. The molecule has 164 valence electrons. The molecule has 2 aliphatic rings. The van der Waals surface area contributed by atoms with Crippen molar-refractivity contribution >= 4 is 5.97 Å². The molecule has 0 amide bonds. The predicted molar refractivity (Wildman–Crippen MR) is 109 cm³/mol. The molecule has 0 radical (unpaired) electrons. The van der Waals surface area contributed by atoms with E-state index in [1.807, 2.05) is 30.3 Å². The van der Waals surface area contributed by atoms with E-state index >= 15 is 0 Å². The van der Waals surface area contributed by atoms with Crippen molar-refractivity contribution in [3.63, 3.8) is 0 Å². The second-order valence-electron chi connectivity index (χ2n) is 8.05. The summed E-state index contributed by atoms with van der Waals surface area (Å²) in [5, 5.41) is 0. The summed E-state index contributed by atoms with van der Waals surface area (Å²) in [6.07, 6.45) is -0.475. The van der Waals surface area contributed by atoms with E-state index in [4.69, 9.17) is 9.47 Å². The Morgan fingerprint density at radius 3 is 2.35 bits per heavy atom. The van der Waals surface area contributed by atoms with E-state index in [0.717, 1.165) is 41.9 Å². The van der Waals surface area contributed by atoms with Crippen molar-refractivity contribution in [2.75, 3.05) is 14.2 Å². The Kier molecular flexibility index (Phi) is 5.56. The molecule has 0 unspecified atom stereocenters. The molecule has 2 heterocycles. The Bertz CT molecular complexity index is 983. The summed E-state index contributed by atoms with van der Waals surface area (Å²) in [5.74, 6) is 0.378. The van der Waals surface area contributed by atoms with Crippen LogP contribution in [0.4, 0.5) is 13.2 Å². The highest BCUT2D eigenvalue weighted by Crippen LogP contribution is 2.51. The van der Waals surface area contributed by atoms with Crippen LogP contribution in [0.3, 0.4) is 0 Å². The molecule has 2 aromatic rings. The molecule has 1 fully saturated rings. The van der Waals surface area contributed by atoms with E-state index in [9.17, 15) is 18.0 Å². The first-order valence-corrected chi connectivity index (χ1v) is 10.1. The van der Waals surface area contributed by atoms with Crippen LogP contribution >= 0.6 is 0 Å². The standard InChI is InChI=1S/C24H24F3NO3/c1-30-21-9-3-16(4-10-21)15-28-20-11-12-23(28,14-17(13-20)22(29)31-2)18-5-7-19(8-6-18)24(25,26)27/h3-10,13,20H,11-12,14-15H2,1-2H3/t20-,23+/m1/s1.